The van der Waals surface area contributed by atoms with E-state index in [2.05, 4.69) is 10.6 Å². The van der Waals surface area contributed by atoms with E-state index in [1.165, 1.54) is 12.8 Å². The zero-order chi connectivity index (χ0) is 15.8. The van der Waals surface area contributed by atoms with Crippen molar-refractivity contribution in [2.75, 3.05) is 25.6 Å². The molecule has 1 atom stereocenters. The Kier molecular flexibility index (Phi) is 6.80. The summed E-state index contributed by atoms with van der Waals surface area (Å²) in [4.78, 5) is 11.8. The fourth-order valence-electron chi connectivity index (χ4n) is 2.46. The molecule has 122 valence electrons. The Hall–Kier alpha value is -1.46. The largest absolute Gasteiger partial charge is 0.497 e. The summed E-state index contributed by atoms with van der Waals surface area (Å²) in [6.07, 6.45) is 5.80. The molecular weight excluding hydrogens is 304 g/mol. The Morgan fingerprint density at radius 1 is 1.45 bits per heavy atom. The van der Waals surface area contributed by atoms with E-state index in [0.29, 0.717) is 29.1 Å². The molecule has 1 unspecified atom stereocenters. The predicted octanol–water partition coefficient (Wildman–Crippen LogP) is 3.82. The molecule has 1 heterocycles. The van der Waals surface area contributed by atoms with Crippen LogP contribution in [0.3, 0.4) is 0 Å². The maximum Gasteiger partial charge on any atom is 0.319 e. The highest BCUT2D eigenvalue weighted by Gasteiger charge is 2.13. The van der Waals surface area contributed by atoms with Crippen molar-refractivity contribution >= 4 is 23.3 Å². The number of hydrogen-bond donors (Lipinski definition) is 2. The first-order chi connectivity index (χ1) is 10.7. The van der Waals surface area contributed by atoms with Gasteiger partial charge in [0.15, 0.2) is 0 Å². The van der Waals surface area contributed by atoms with E-state index in [4.69, 9.17) is 21.1 Å². The van der Waals surface area contributed by atoms with Crippen LogP contribution in [0.15, 0.2) is 18.2 Å². The van der Waals surface area contributed by atoms with Gasteiger partial charge in [0.05, 0.1) is 23.9 Å². The number of anilines is 1. The molecule has 1 aliphatic heterocycles. The number of hydrogen-bond acceptors (Lipinski definition) is 3. The highest BCUT2D eigenvalue weighted by molar-refractivity contribution is 6.33. The molecule has 1 aliphatic rings. The number of methoxy groups -OCH3 is 1. The molecule has 5 nitrogen and oxygen atoms in total. The van der Waals surface area contributed by atoms with E-state index in [1.807, 2.05) is 0 Å². The molecule has 1 fully saturated rings. The third kappa shape index (κ3) is 5.39. The van der Waals surface area contributed by atoms with Gasteiger partial charge in [-0.15, -0.1) is 0 Å². The van der Waals surface area contributed by atoms with Crippen LogP contribution in [-0.4, -0.2) is 32.4 Å². The fourth-order valence-corrected chi connectivity index (χ4v) is 2.68. The SMILES string of the molecule is COc1ccc(NC(=O)NCCCC2CCCCO2)c(Cl)c1. The van der Waals surface area contributed by atoms with Gasteiger partial charge in [-0.3, -0.25) is 0 Å². The quantitative estimate of drug-likeness (QED) is 0.781. The number of halogens is 1. The second-order valence-electron chi connectivity index (χ2n) is 5.36. The van der Waals surface area contributed by atoms with Crippen LogP contribution in [0.4, 0.5) is 10.5 Å². The lowest BCUT2D eigenvalue weighted by atomic mass is 10.0. The van der Waals surface area contributed by atoms with E-state index < -0.39 is 0 Å². The summed E-state index contributed by atoms with van der Waals surface area (Å²) in [5, 5.41) is 6.01. The first-order valence-corrected chi connectivity index (χ1v) is 8.07. The number of ether oxygens (including phenoxy) is 2. The van der Waals surface area contributed by atoms with Gasteiger partial charge < -0.3 is 20.1 Å². The van der Waals surface area contributed by atoms with Crippen LogP contribution in [0.5, 0.6) is 5.75 Å². The summed E-state index contributed by atoms with van der Waals surface area (Å²) >= 11 is 6.08. The second kappa shape index (κ2) is 8.86. The average molecular weight is 327 g/mol. The molecule has 22 heavy (non-hydrogen) atoms. The van der Waals surface area contributed by atoms with Gasteiger partial charge in [0.1, 0.15) is 5.75 Å². The minimum Gasteiger partial charge on any atom is -0.497 e. The Morgan fingerprint density at radius 2 is 2.32 bits per heavy atom. The Balaban J connectivity index is 1.67. The molecule has 1 aromatic carbocycles. The number of benzene rings is 1. The summed E-state index contributed by atoms with van der Waals surface area (Å²) in [6, 6.07) is 4.88. The third-order valence-electron chi connectivity index (χ3n) is 3.69. The first kappa shape index (κ1) is 16.9. The van der Waals surface area contributed by atoms with Crippen molar-refractivity contribution in [1.82, 2.24) is 5.32 Å². The lowest BCUT2D eigenvalue weighted by Gasteiger charge is -2.22. The van der Waals surface area contributed by atoms with E-state index in [1.54, 1.807) is 25.3 Å². The van der Waals surface area contributed by atoms with Crippen LogP contribution >= 0.6 is 11.6 Å². The van der Waals surface area contributed by atoms with Crippen LogP contribution in [0.2, 0.25) is 5.02 Å². The normalized spacial score (nSPS) is 17.8. The zero-order valence-corrected chi connectivity index (χ0v) is 13.6. The molecule has 0 radical (unpaired) electrons. The van der Waals surface area contributed by atoms with Gasteiger partial charge in [0, 0.05) is 19.2 Å². The van der Waals surface area contributed by atoms with E-state index in [0.717, 1.165) is 25.9 Å². The fraction of sp³-hybridized carbons (Fsp3) is 0.562. The molecule has 1 aromatic rings. The van der Waals surface area contributed by atoms with Crippen LogP contribution in [0.1, 0.15) is 32.1 Å². The molecular formula is C16H23ClN2O3. The van der Waals surface area contributed by atoms with Crippen molar-refractivity contribution in [2.24, 2.45) is 0 Å². The summed E-state index contributed by atoms with van der Waals surface area (Å²) in [5.41, 5.74) is 0.565. The Labute approximate surface area is 136 Å². The predicted molar refractivity (Wildman–Crippen MR) is 87.9 cm³/mol. The van der Waals surface area contributed by atoms with Crippen LogP contribution in [0.25, 0.3) is 0 Å². The lowest BCUT2D eigenvalue weighted by molar-refractivity contribution is 0.0103. The van der Waals surface area contributed by atoms with Gasteiger partial charge in [-0.25, -0.2) is 4.79 Å². The van der Waals surface area contributed by atoms with Gasteiger partial charge in [0.2, 0.25) is 0 Å². The smallest absolute Gasteiger partial charge is 0.319 e. The van der Waals surface area contributed by atoms with E-state index in [9.17, 15) is 4.79 Å². The summed E-state index contributed by atoms with van der Waals surface area (Å²) in [5.74, 6) is 0.656. The summed E-state index contributed by atoms with van der Waals surface area (Å²) in [7, 11) is 1.57. The molecule has 0 aliphatic carbocycles. The Morgan fingerprint density at radius 3 is 3.00 bits per heavy atom. The van der Waals surface area contributed by atoms with Gasteiger partial charge in [-0.05, 0) is 44.2 Å². The molecule has 0 aromatic heterocycles. The lowest BCUT2D eigenvalue weighted by Crippen LogP contribution is -2.30. The maximum absolute atomic E-state index is 11.8. The van der Waals surface area contributed by atoms with Crippen molar-refractivity contribution in [1.29, 1.82) is 0 Å². The zero-order valence-electron chi connectivity index (χ0n) is 12.9. The van der Waals surface area contributed by atoms with Crippen molar-refractivity contribution in [3.05, 3.63) is 23.2 Å². The van der Waals surface area contributed by atoms with Crippen LogP contribution in [0, 0.1) is 0 Å². The van der Waals surface area contributed by atoms with Gasteiger partial charge >= 0.3 is 6.03 Å². The average Bonchev–Trinajstić information content (AvgIpc) is 2.54. The van der Waals surface area contributed by atoms with Gasteiger partial charge in [-0.2, -0.15) is 0 Å². The van der Waals surface area contributed by atoms with Crippen molar-refractivity contribution in [3.8, 4) is 5.75 Å². The van der Waals surface area contributed by atoms with Crippen LogP contribution in [-0.2, 0) is 4.74 Å². The minimum absolute atomic E-state index is 0.253. The highest BCUT2D eigenvalue weighted by atomic mass is 35.5. The number of rotatable bonds is 6. The summed E-state index contributed by atoms with van der Waals surface area (Å²) in [6.45, 7) is 1.49. The Bertz CT molecular complexity index is 490. The monoisotopic (exact) mass is 326 g/mol. The highest BCUT2D eigenvalue weighted by Crippen LogP contribution is 2.26. The van der Waals surface area contributed by atoms with Crippen molar-refractivity contribution in [2.45, 2.75) is 38.2 Å². The number of amides is 2. The molecule has 0 saturated carbocycles. The van der Waals surface area contributed by atoms with Gasteiger partial charge in [0.25, 0.3) is 0 Å². The topological polar surface area (TPSA) is 59.6 Å². The van der Waals surface area contributed by atoms with E-state index in [-0.39, 0.29) is 6.03 Å². The first-order valence-electron chi connectivity index (χ1n) is 7.69. The van der Waals surface area contributed by atoms with E-state index >= 15 is 0 Å². The molecule has 0 spiro atoms. The molecule has 2 amide bonds. The third-order valence-corrected chi connectivity index (χ3v) is 4.00. The molecule has 0 bridgehead atoms. The number of carbonyl (C=O) groups is 1. The number of carbonyl (C=O) groups excluding carboxylic acids is 1. The second-order valence-corrected chi connectivity index (χ2v) is 5.76. The molecule has 6 heteroatoms. The van der Waals surface area contributed by atoms with Crippen LogP contribution < -0.4 is 15.4 Å². The summed E-state index contributed by atoms with van der Waals surface area (Å²) < 4.78 is 10.7. The number of nitrogens with one attached hydrogen (secondary N) is 2. The van der Waals surface area contributed by atoms with Crippen molar-refractivity contribution in [3.63, 3.8) is 0 Å². The maximum atomic E-state index is 11.8. The van der Waals surface area contributed by atoms with Crippen molar-refractivity contribution < 1.29 is 14.3 Å². The minimum atomic E-state index is -0.253. The van der Waals surface area contributed by atoms with Gasteiger partial charge in [-0.1, -0.05) is 11.6 Å². The number of urea groups is 1. The standard InChI is InChI=1S/C16H23ClN2O3/c1-21-13-7-8-15(14(17)11-13)19-16(20)18-9-4-6-12-5-2-3-10-22-12/h7-8,11-12H,2-6,9-10H2,1H3,(H2,18,19,20). The molecule has 1 saturated heterocycles. The molecule has 2 rings (SSSR count). The molecule has 2 N–H and O–H groups in total.